The van der Waals surface area contributed by atoms with Crippen molar-refractivity contribution in [2.24, 2.45) is 0 Å². The highest BCUT2D eigenvalue weighted by molar-refractivity contribution is 5.80. The molecule has 5 heteroatoms. The van der Waals surface area contributed by atoms with Crippen LogP contribution in [-0.4, -0.2) is 22.2 Å². The van der Waals surface area contributed by atoms with E-state index in [9.17, 15) is 4.79 Å². The van der Waals surface area contributed by atoms with Gasteiger partial charge in [-0.3, -0.25) is 4.79 Å². The number of hydrogen-bond acceptors (Lipinski definition) is 4. The normalized spacial score (nSPS) is 10.3. The number of H-pyrrole nitrogens is 1. The smallest absolute Gasteiger partial charge is 0.259 e. The van der Waals surface area contributed by atoms with Gasteiger partial charge in [0.15, 0.2) is 11.6 Å². The first-order valence-electron chi connectivity index (χ1n) is 4.58. The summed E-state index contributed by atoms with van der Waals surface area (Å²) in [5.74, 6) is 0.382. The Bertz CT molecular complexity index is 616. The van der Waals surface area contributed by atoms with Crippen LogP contribution in [0.2, 0.25) is 0 Å². The Kier molecular flexibility index (Phi) is 2.36. The van der Waals surface area contributed by atoms with Crippen molar-refractivity contribution in [1.82, 2.24) is 9.97 Å². The van der Waals surface area contributed by atoms with E-state index in [0.717, 1.165) is 0 Å². The van der Waals surface area contributed by atoms with Crippen molar-refractivity contribution in [3.05, 3.63) is 41.0 Å². The quantitative estimate of drug-likeness (QED) is 0.748. The number of methoxy groups -OCH3 is 1. The maximum atomic E-state index is 11.7. The van der Waals surface area contributed by atoms with Crippen LogP contribution in [0.25, 0.3) is 16.7 Å². The number of fused-ring (bicyclic) bond motifs is 1. The number of aliphatic hydroxyl groups excluding tert-OH is 1. The lowest BCUT2D eigenvalue weighted by Crippen LogP contribution is -2.11. The van der Waals surface area contributed by atoms with E-state index in [1.807, 2.05) is 0 Å². The van der Waals surface area contributed by atoms with E-state index in [4.69, 9.17) is 9.84 Å². The maximum absolute atomic E-state index is 11.7. The number of aromatic nitrogens is 2. The van der Waals surface area contributed by atoms with Crippen LogP contribution in [0.3, 0.4) is 0 Å². The zero-order chi connectivity index (χ0) is 11.7. The second kappa shape index (κ2) is 3.69. The van der Waals surface area contributed by atoms with Gasteiger partial charge in [-0.2, -0.15) is 0 Å². The Morgan fingerprint density at radius 2 is 2.31 bits per heavy atom. The van der Waals surface area contributed by atoms with Crippen molar-refractivity contribution in [2.45, 2.75) is 0 Å². The molecule has 0 atom stereocenters. The molecule has 1 aromatic heterocycles. The molecule has 0 aliphatic carbocycles. The van der Waals surface area contributed by atoms with E-state index in [1.54, 1.807) is 18.2 Å². The predicted molar refractivity (Wildman–Crippen MR) is 60.6 cm³/mol. The van der Waals surface area contributed by atoms with Crippen molar-refractivity contribution < 1.29 is 9.84 Å². The van der Waals surface area contributed by atoms with Gasteiger partial charge in [0.25, 0.3) is 5.56 Å². The minimum absolute atomic E-state index is 0.0719. The first kappa shape index (κ1) is 10.2. The Balaban J connectivity index is 2.76. The first-order valence-corrected chi connectivity index (χ1v) is 4.58. The first-order chi connectivity index (χ1) is 7.61. The summed E-state index contributed by atoms with van der Waals surface area (Å²) in [4.78, 5) is 18.1. The Labute approximate surface area is 91.0 Å². The van der Waals surface area contributed by atoms with Crippen molar-refractivity contribution in [3.8, 4) is 5.75 Å². The van der Waals surface area contributed by atoms with E-state index in [2.05, 4.69) is 16.5 Å². The summed E-state index contributed by atoms with van der Waals surface area (Å²) >= 11 is 0. The fourth-order valence-electron chi connectivity index (χ4n) is 1.38. The average molecular weight is 218 g/mol. The van der Waals surface area contributed by atoms with Crippen LogP contribution >= 0.6 is 0 Å². The largest absolute Gasteiger partial charge is 0.505 e. The van der Waals surface area contributed by atoms with E-state index >= 15 is 0 Å². The minimum atomic E-state index is -0.339. The minimum Gasteiger partial charge on any atom is -0.505 e. The van der Waals surface area contributed by atoms with Crippen LogP contribution in [0, 0.1) is 0 Å². The van der Waals surface area contributed by atoms with Crippen LogP contribution < -0.4 is 10.3 Å². The molecule has 0 spiro atoms. The summed E-state index contributed by atoms with van der Waals surface area (Å²) in [7, 11) is 1.52. The number of rotatable bonds is 2. The molecule has 1 aromatic carbocycles. The summed E-state index contributed by atoms with van der Waals surface area (Å²) in [5, 5.41) is 9.56. The van der Waals surface area contributed by atoms with Gasteiger partial charge < -0.3 is 14.8 Å². The lowest BCUT2D eigenvalue weighted by molar-refractivity contribution is 0.415. The fraction of sp³-hybridized carbons (Fsp3) is 0.0909. The molecule has 5 nitrogen and oxygen atoms in total. The summed E-state index contributed by atoms with van der Waals surface area (Å²) in [6, 6.07) is 4.93. The number of aromatic amines is 1. The Hall–Kier alpha value is -2.30. The highest BCUT2D eigenvalue weighted by Gasteiger charge is 2.06. The molecule has 0 aliphatic heterocycles. The Morgan fingerprint density at radius 1 is 1.56 bits per heavy atom. The van der Waals surface area contributed by atoms with Gasteiger partial charge in [-0.05, 0) is 18.2 Å². The molecule has 0 saturated heterocycles. The summed E-state index contributed by atoms with van der Waals surface area (Å²) in [6.07, 6.45) is 0. The summed E-state index contributed by atoms with van der Waals surface area (Å²) < 4.78 is 5.01. The van der Waals surface area contributed by atoms with E-state index in [-0.39, 0.29) is 17.1 Å². The third kappa shape index (κ3) is 1.63. The molecule has 2 aromatic rings. The van der Waals surface area contributed by atoms with E-state index in [1.165, 1.54) is 7.11 Å². The second-order valence-corrected chi connectivity index (χ2v) is 3.24. The second-order valence-electron chi connectivity index (χ2n) is 3.24. The number of hydrogen-bond donors (Lipinski definition) is 2. The summed E-state index contributed by atoms with van der Waals surface area (Å²) in [6.45, 7) is 3.31. The fourth-order valence-corrected chi connectivity index (χ4v) is 1.38. The molecule has 0 fully saturated rings. The van der Waals surface area contributed by atoms with Gasteiger partial charge in [-0.15, -0.1) is 0 Å². The van der Waals surface area contributed by atoms with Crippen LogP contribution in [0.4, 0.5) is 0 Å². The molecule has 0 radical (unpaired) electrons. The van der Waals surface area contributed by atoms with Crippen molar-refractivity contribution >= 4 is 16.7 Å². The molecule has 2 rings (SSSR count). The molecule has 16 heavy (non-hydrogen) atoms. The molecule has 0 unspecified atom stereocenters. The van der Waals surface area contributed by atoms with Gasteiger partial charge in [0, 0.05) is 0 Å². The van der Waals surface area contributed by atoms with Gasteiger partial charge in [0.2, 0.25) is 0 Å². The number of nitrogens with zero attached hydrogens (tertiary/aromatic N) is 1. The molecule has 0 amide bonds. The highest BCUT2D eigenvalue weighted by Crippen LogP contribution is 2.16. The molecule has 1 heterocycles. The van der Waals surface area contributed by atoms with Gasteiger partial charge in [-0.25, -0.2) is 4.98 Å². The van der Waals surface area contributed by atoms with Gasteiger partial charge in [-0.1, -0.05) is 6.58 Å². The molecule has 0 bridgehead atoms. The van der Waals surface area contributed by atoms with Crippen LogP contribution in [0.5, 0.6) is 5.75 Å². The summed E-state index contributed by atoms with van der Waals surface area (Å²) in [5.41, 5.74) is 0.142. The molecular formula is C11H10N2O3. The third-order valence-electron chi connectivity index (χ3n) is 2.19. The highest BCUT2D eigenvalue weighted by atomic mass is 16.5. The molecule has 0 aliphatic rings. The number of aliphatic hydroxyl groups is 1. The lowest BCUT2D eigenvalue weighted by Gasteiger charge is -2.03. The number of nitrogens with one attached hydrogen (secondary N) is 1. The zero-order valence-corrected chi connectivity index (χ0v) is 8.65. The van der Waals surface area contributed by atoms with Crippen molar-refractivity contribution in [1.29, 1.82) is 0 Å². The predicted octanol–water partition coefficient (Wildman–Crippen LogP) is 1.46. The maximum Gasteiger partial charge on any atom is 0.259 e. The molecule has 2 N–H and O–H groups in total. The SMILES string of the molecule is C=C(O)c1nc2ccc(OC)cc2c(=O)[nH]1. The number of ether oxygens (including phenoxy) is 1. The lowest BCUT2D eigenvalue weighted by atomic mass is 10.2. The molecular weight excluding hydrogens is 208 g/mol. The molecule has 82 valence electrons. The van der Waals surface area contributed by atoms with E-state index in [0.29, 0.717) is 16.7 Å². The van der Waals surface area contributed by atoms with Gasteiger partial charge in [0.1, 0.15) is 5.75 Å². The van der Waals surface area contributed by atoms with E-state index < -0.39 is 0 Å². The standard InChI is InChI=1S/C11H10N2O3/c1-6(14)10-12-9-4-3-7(16-2)5-8(9)11(15)13-10/h3-5,14H,1H2,2H3,(H,12,13,15). The topological polar surface area (TPSA) is 75.2 Å². The number of benzene rings is 1. The third-order valence-corrected chi connectivity index (χ3v) is 2.19. The monoisotopic (exact) mass is 218 g/mol. The van der Waals surface area contributed by atoms with Crippen molar-refractivity contribution in [2.75, 3.05) is 7.11 Å². The van der Waals surface area contributed by atoms with Crippen LogP contribution in [0.15, 0.2) is 29.6 Å². The van der Waals surface area contributed by atoms with Gasteiger partial charge >= 0.3 is 0 Å². The van der Waals surface area contributed by atoms with Crippen LogP contribution in [-0.2, 0) is 0 Å². The van der Waals surface area contributed by atoms with Gasteiger partial charge in [0.05, 0.1) is 18.0 Å². The zero-order valence-electron chi connectivity index (χ0n) is 8.65. The van der Waals surface area contributed by atoms with Crippen LogP contribution in [0.1, 0.15) is 5.82 Å². The molecule has 0 saturated carbocycles. The Morgan fingerprint density at radius 3 is 2.94 bits per heavy atom. The average Bonchev–Trinajstić information content (AvgIpc) is 2.28. The van der Waals surface area contributed by atoms with Crippen molar-refractivity contribution in [3.63, 3.8) is 0 Å².